The van der Waals surface area contributed by atoms with Gasteiger partial charge in [0.15, 0.2) is 5.17 Å². The van der Waals surface area contributed by atoms with Crippen molar-refractivity contribution in [3.05, 3.63) is 99.6 Å². The van der Waals surface area contributed by atoms with E-state index >= 15 is 0 Å². The number of nitrogens with one attached hydrogen (secondary N) is 1. The first kappa shape index (κ1) is 25.2. The van der Waals surface area contributed by atoms with Crippen LogP contribution in [-0.4, -0.2) is 33.0 Å². The van der Waals surface area contributed by atoms with Gasteiger partial charge in [-0.2, -0.15) is 10.1 Å². The molecule has 0 saturated heterocycles. The number of amidine groups is 1. The lowest BCUT2D eigenvalue weighted by Crippen LogP contribution is -2.25. The van der Waals surface area contributed by atoms with E-state index in [1.807, 2.05) is 61.3 Å². The van der Waals surface area contributed by atoms with E-state index in [1.165, 1.54) is 17.3 Å². The average molecular weight is 531 g/mol. The lowest BCUT2D eigenvalue weighted by molar-refractivity contribution is -0.121. The average Bonchev–Trinajstić information content (AvgIpc) is 3.46. The molecule has 0 fully saturated rings. The molecule has 0 aliphatic carbocycles. The summed E-state index contributed by atoms with van der Waals surface area (Å²) < 4.78 is 0. The summed E-state index contributed by atoms with van der Waals surface area (Å²) in [5.41, 5.74) is 7.02. The number of anilines is 1. The Bertz CT molecular complexity index is 1420. The van der Waals surface area contributed by atoms with Gasteiger partial charge in [-0.1, -0.05) is 83.0 Å². The van der Waals surface area contributed by atoms with Crippen LogP contribution in [0.25, 0.3) is 0 Å². The molecule has 2 amide bonds. The fourth-order valence-electron chi connectivity index (χ4n) is 4.48. The predicted octanol–water partition coefficient (Wildman–Crippen LogP) is 6.44. The molecular weight excluding hydrogens is 504 g/mol. The van der Waals surface area contributed by atoms with Crippen LogP contribution in [0.3, 0.4) is 0 Å². The summed E-state index contributed by atoms with van der Waals surface area (Å²) in [4.78, 5) is 29.9. The molecule has 5 rings (SSSR count). The molecule has 0 radical (unpaired) electrons. The summed E-state index contributed by atoms with van der Waals surface area (Å²) >= 11 is 7.43. The van der Waals surface area contributed by atoms with Gasteiger partial charge in [-0.05, 0) is 55.7 Å². The van der Waals surface area contributed by atoms with Gasteiger partial charge in [-0.25, -0.2) is 5.01 Å². The number of hydrazone groups is 1. The molecule has 2 atom stereocenters. The summed E-state index contributed by atoms with van der Waals surface area (Å²) in [6.45, 7) is 6.01. The minimum Gasteiger partial charge on any atom is -0.326 e. The highest BCUT2D eigenvalue weighted by molar-refractivity contribution is 8.15. The number of aliphatic imine (C=N–C) groups is 1. The summed E-state index contributed by atoms with van der Waals surface area (Å²) in [6.07, 6.45) is 0.702. The number of amides is 2. The van der Waals surface area contributed by atoms with Crippen LogP contribution in [-0.2, 0) is 9.59 Å². The molecule has 37 heavy (non-hydrogen) atoms. The van der Waals surface area contributed by atoms with Crippen molar-refractivity contribution in [2.75, 3.05) is 5.32 Å². The Labute approximate surface area is 225 Å². The molecule has 2 aliphatic heterocycles. The minimum atomic E-state index is -0.592. The van der Waals surface area contributed by atoms with E-state index in [0.29, 0.717) is 16.6 Å². The maximum absolute atomic E-state index is 12.8. The van der Waals surface area contributed by atoms with Crippen LogP contribution in [0.5, 0.6) is 0 Å². The number of nitrogens with zero attached hydrogens (tertiary/aromatic N) is 3. The number of carbonyl (C=O) groups excluding carboxylic acids is 2. The number of carbonyl (C=O) groups is 2. The van der Waals surface area contributed by atoms with Crippen molar-refractivity contribution in [3.8, 4) is 0 Å². The van der Waals surface area contributed by atoms with Crippen LogP contribution < -0.4 is 5.32 Å². The quantitative estimate of drug-likeness (QED) is 0.411. The molecule has 8 heteroatoms. The van der Waals surface area contributed by atoms with E-state index in [9.17, 15) is 9.59 Å². The Balaban J connectivity index is 1.35. The van der Waals surface area contributed by atoms with E-state index in [0.717, 1.165) is 33.7 Å². The molecule has 0 spiro atoms. The number of thioether (sulfide) groups is 1. The molecule has 0 bridgehead atoms. The topological polar surface area (TPSA) is 74.1 Å². The van der Waals surface area contributed by atoms with Crippen LogP contribution in [0.1, 0.15) is 46.7 Å². The maximum atomic E-state index is 12.8. The number of benzene rings is 3. The second kappa shape index (κ2) is 10.5. The Hall–Kier alpha value is -3.42. The first-order chi connectivity index (χ1) is 17.8. The summed E-state index contributed by atoms with van der Waals surface area (Å²) in [7, 11) is 0. The van der Waals surface area contributed by atoms with Gasteiger partial charge in [0.1, 0.15) is 5.25 Å². The lowest BCUT2D eigenvalue weighted by Gasteiger charge is -2.23. The number of rotatable bonds is 5. The van der Waals surface area contributed by atoms with Gasteiger partial charge in [0.2, 0.25) is 5.91 Å². The molecular formula is C29H27ClN4O2S. The highest BCUT2D eigenvalue weighted by Gasteiger charge is 2.39. The zero-order valence-corrected chi connectivity index (χ0v) is 22.4. The van der Waals surface area contributed by atoms with Crippen molar-refractivity contribution in [1.82, 2.24) is 5.01 Å². The van der Waals surface area contributed by atoms with Gasteiger partial charge in [0, 0.05) is 23.6 Å². The molecule has 188 valence electrons. The van der Waals surface area contributed by atoms with Crippen molar-refractivity contribution >= 4 is 51.7 Å². The number of halogens is 1. The number of hydrogen-bond acceptors (Lipinski definition) is 5. The van der Waals surface area contributed by atoms with Crippen molar-refractivity contribution in [3.63, 3.8) is 0 Å². The molecule has 0 aromatic heterocycles. The van der Waals surface area contributed by atoms with Crippen LogP contribution >= 0.6 is 23.4 Å². The number of aryl methyl sites for hydroxylation is 3. The smallest absolute Gasteiger partial charge is 0.262 e. The highest BCUT2D eigenvalue weighted by atomic mass is 35.5. The van der Waals surface area contributed by atoms with Crippen molar-refractivity contribution < 1.29 is 9.59 Å². The zero-order valence-electron chi connectivity index (χ0n) is 20.9. The Morgan fingerprint density at radius 3 is 2.43 bits per heavy atom. The molecule has 2 heterocycles. The highest BCUT2D eigenvalue weighted by Crippen LogP contribution is 2.39. The van der Waals surface area contributed by atoms with E-state index in [-0.39, 0.29) is 24.3 Å². The first-order valence-corrected chi connectivity index (χ1v) is 13.4. The molecule has 1 N–H and O–H groups in total. The summed E-state index contributed by atoms with van der Waals surface area (Å²) in [5.74, 6) is -0.529. The van der Waals surface area contributed by atoms with Crippen LogP contribution in [0, 0.1) is 20.8 Å². The molecule has 2 aliphatic rings. The third-order valence-electron chi connectivity index (χ3n) is 6.50. The summed E-state index contributed by atoms with van der Waals surface area (Å²) in [5, 5.41) is 10.2. The largest absolute Gasteiger partial charge is 0.326 e. The van der Waals surface area contributed by atoms with Crippen molar-refractivity contribution in [1.29, 1.82) is 0 Å². The van der Waals surface area contributed by atoms with Crippen molar-refractivity contribution in [2.45, 2.75) is 44.9 Å². The van der Waals surface area contributed by atoms with Crippen LogP contribution in [0.2, 0.25) is 5.02 Å². The standard InChI is InChI=1S/C29H27ClN4O2S/c1-17-4-7-20(8-5-17)24-15-25(21-9-11-22(30)12-10-21)34(33-24)29-32-28(36)26(37-29)16-27(35)31-23-13-6-18(2)14-19(23)3/h4-14,25-26H,15-16H2,1-3H3,(H,31,35)/t25-,26-/m1/s1. The SMILES string of the molecule is Cc1ccc(C2=NN(C3=NC(=O)[C@@H](CC(=O)Nc4ccc(C)cc4C)S3)[C@@H](c3ccc(Cl)cc3)C2)cc1. The van der Waals surface area contributed by atoms with Gasteiger partial charge in [-0.15, -0.1) is 0 Å². The summed E-state index contributed by atoms with van der Waals surface area (Å²) in [6, 6.07) is 21.6. The second-order valence-electron chi connectivity index (χ2n) is 9.44. The molecule has 3 aromatic carbocycles. The lowest BCUT2D eigenvalue weighted by atomic mass is 9.98. The van der Waals surface area contributed by atoms with Gasteiger partial charge >= 0.3 is 0 Å². The van der Waals surface area contributed by atoms with Crippen LogP contribution in [0.4, 0.5) is 5.69 Å². The molecule has 6 nitrogen and oxygen atoms in total. The van der Waals surface area contributed by atoms with E-state index < -0.39 is 5.25 Å². The fourth-order valence-corrected chi connectivity index (χ4v) is 5.67. The van der Waals surface area contributed by atoms with E-state index in [4.69, 9.17) is 16.7 Å². The van der Waals surface area contributed by atoms with Crippen LogP contribution in [0.15, 0.2) is 76.8 Å². The maximum Gasteiger partial charge on any atom is 0.262 e. The predicted molar refractivity (Wildman–Crippen MR) is 151 cm³/mol. The normalized spacial score (nSPS) is 19.1. The molecule has 0 saturated carbocycles. The fraction of sp³-hybridized carbons (Fsp3) is 0.241. The van der Waals surface area contributed by atoms with E-state index in [2.05, 4.69) is 41.5 Å². The third-order valence-corrected chi connectivity index (χ3v) is 7.90. The van der Waals surface area contributed by atoms with Gasteiger partial charge in [-0.3, -0.25) is 9.59 Å². The van der Waals surface area contributed by atoms with E-state index in [1.54, 1.807) is 0 Å². The monoisotopic (exact) mass is 530 g/mol. The zero-order chi connectivity index (χ0) is 26.1. The molecule has 0 unspecified atom stereocenters. The Morgan fingerprint density at radius 2 is 1.73 bits per heavy atom. The van der Waals surface area contributed by atoms with Gasteiger partial charge < -0.3 is 5.32 Å². The number of hydrogen-bond donors (Lipinski definition) is 1. The Kier molecular flexibility index (Phi) is 7.17. The van der Waals surface area contributed by atoms with Crippen molar-refractivity contribution in [2.24, 2.45) is 10.1 Å². The first-order valence-electron chi connectivity index (χ1n) is 12.1. The minimum absolute atomic E-state index is 0.0395. The van der Waals surface area contributed by atoms with Gasteiger partial charge in [0.25, 0.3) is 5.91 Å². The second-order valence-corrected chi connectivity index (χ2v) is 11.0. The third kappa shape index (κ3) is 5.63. The molecule has 3 aromatic rings. The Morgan fingerprint density at radius 1 is 1.03 bits per heavy atom. The van der Waals surface area contributed by atoms with Gasteiger partial charge in [0.05, 0.1) is 11.8 Å².